The maximum atomic E-state index is 11.8. The highest BCUT2D eigenvalue weighted by Crippen LogP contribution is 2.59. The van der Waals surface area contributed by atoms with Gasteiger partial charge in [-0.1, -0.05) is 0 Å². The number of rotatable bonds is 7. The van der Waals surface area contributed by atoms with Gasteiger partial charge in [-0.25, -0.2) is 0 Å². The lowest BCUT2D eigenvalue weighted by Crippen LogP contribution is -2.51. The third-order valence-electron chi connectivity index (χ3n) is 5.49. The molecule has 4 heteroatoms. The summed E-state index contributed by atoms with van der Waals surface area (Å²) < 4.78 is 10.2. The Balaban J connectivity index is 1.43. The van der Waals surface area contributed by atoms with Crippen molar-refractivity contribution in [1.29, 1.82) is 0 Å². The van der Waals surface area contributed by atoms with Gasteiger partial charge in [-0.15, -0.1) is 0 Å². The standard InChI is InChI=1S/C16H27NO3/c1-19-2-3-20-10-15(18)17-11-16-7-12-4-13(8-16)6-14(5-12)9-16/h12-14H,2-11H2,1H3,(H,17,18). The van der Waals surface area contributed by atoms with E-state index in [0.717, 1.165) is 24.3 Å². The third-order valence-corrected chi connectivity index (χ3v) is 5.49. The van der Waals surface area contributed by atoms with Crippen LogP contribution in [0.4, 0.5) is 0 Å². The number of nitrogens with one attached hydrogen (secondary N) is 1. The normalized spacial score (nSPS) is 38.1. The maximum absolute atomic E-state index is 11.8. The molecule has 4 rings (SSSR count). The fraction of sp³-hybridized carbons (Fsp3) is 0.938. The predicted molar refractivity (Wildman–Crippen MR) is 76.3 cm³/mol. The van der Waals surface area contributed by atoms with Crippen LogP contribution in [0.1, 0.15) is 38.5 Å². The molecule has 0 aromatic rings. The highest BCUT2D eigenvalue weighted by molar-refractivity contribution is 5.77. The summed E-state index contributed by atoms with van der Waals surface area (Å²) in [6.45, 7) is 2.06. The topological polar surface area (TPSA) is 47.6 Å². The van der Waals surface area contributed by atoms with Crippen molar-refractivity contribution in [2.75, 3.05) is 33.5 Å². The zero-order valence-electron chi connectivity index (χ0n) is 12.5. The molecular formula is C16H27NO3. The van der Waals surface area contributed by atoms with Gasteiger partial charge in [0.2, 0.25) is 5.91 Å². The number of carbonyl (C=O) groups excluding carboxylic acids is 1. The fourth-order valence-electron chi connectivity index (χ4n) is 5.15. The zero-order chi connectivity index (χ0) is 14.0. The van der Waals surface area contributed by atoms with Gasteiger partial charge in [-0.2, -0.15) is 0 Å². The molecule has 0 unspecified atom stereocenters. The lowest BCUT2D eigenvalue weighted by Gasteiger charge is -2.56. The summed E-state index contributed by atoms with van der Waals surface area (Å²) in [5, 5.41) is 3.11. The quantitative estimate of drug-likeness (QED) is 0.726. The molecule has 4 aliphatic carbocycles. The molecule has 0 heterocycles. The first-order chi connectivity index (χ1) is 9.69. The van der Waals surface area contributed by atoms with Gasteiger partial charge in [0.15, 0.2) is 0 Å². The Morgan fingerprint density at radius 2 is 1.70 bits per heavy atom. The maximum Gasteiger partial charge on any atom is 0.246 e. The highest BCUT2D eigenvalue weighted by atomic mass is 16.5. The molecule has 4 aliphatic rings. The van der Waals surface area contributed by atoms with Crippen molar-refractivity contribution >= 4 is 5.91 Å². The first-order valence-corrected chi connectivity index (χ1v) is 8.02. The van der Waals surface area contributed by atoms with E-state index in [1.807, 2.05) is 0 Å². The van der Waals surface area contributed by atoms with Gasteiger partial charge < -0.3 is 14.8 Å². The van der Waals surface area contributed by atoms with E-state index >= 15 is 0 Å². The third kappa shape index (κ3) is 3.17. The largest absolute Gasteiger partial charge is 0.382 e. The van der Waals surface area contributed by atoms with Crippen LogP contribution in [0.15, 0.2) is 0 Å². The molecule has 114 valence electrons. The van der Waals surface area contributed by atoms with Crippen LogP contribution >= 0.6 is 0 Å². The van der Waals surface area contributed by atoms with E-state index in [-0.39, 0.29) is 12.5 Å². The molecule has 0 spiro atoms. The summed E-state index contributed by atoms with van der Waals surface area (Å²) in [5.41, 5.74) is 0.414. The molecule has 4 nitrogen and oxygen atoms in total. The van der Waals surface area contributed by atoms with E-state index in [1.165, 1.54) is 38.5 Å². The molecule has 4 saturated carbocycles. The number of carbonyl (C=O) groups is 1. The van der Waals surface area contributed by atoms with E-state index in [1.54, 1.807) is 7.11 Å². The Morgan fingerprint density at radius 3 is 2.25 bits per heavy atom. The minimum atomic E-state index is 0.0249. The van der Waals surface area contributed by atoms with Crippen LogP contribution in [0, 0.1) is 23.2 Å². The van der Waals surface area contributed by atoms with Crippen molar-refractivity contribution in [3.05, 3.63) is 0 Å². The summed E-state index contributed by atoms with van der Waals surface area (Å²) in [6.07, 6.45) is 8.37. The lowest BCUT2D eigenvalue weighted by molar-refractivity contribution is -0.128. The van der Waals surface area contributed by atoms with E-state index in [0.29, 0.717) is 18.6 Å². The van der Waals surface area contributed by atoms with Gasteiger partial charge in [0, 0.05) is 13.7 Å². The molecule has 0 saturated heterocycles. The molecule has 20 heavy (non-hydrogen) atoms. The Kier molecular flexibility index (Phi) is 4.32. The number of hydrogen-bond donors (Lipinski definition) is 1. The second-order valence-electron chi connectivity index (χ2n) is 7.24. The molecule has 0 aromatic carbocycles. The number of amides is 1. The Morgan fingerprint density at radius 1 is 1.10 bits per heavy atom. The fourth-order valence-corrected chi connectivity index (χ4v) is 5.15. The number of ether oxygens (including phenoxy) is 2. The van der Waals surface area contributed by atoms with Crippen LogP contribution in [0.2, 0.25) is 0 Å². The van der Waals surface area contributed by atoms with Crippen LogP contribution in [-0.2, 0) is 14.3 Å². The van der Waals surface area contributed by atoms with Gasteiger partial charge in [-0.3, -0.25) is 4.79 Å². The molecule has 0 atom stereocenters. The monoisotopic (exact) mass is 281 g/mol. The Labute approximate surface area is 121 Å². The van der Waals surface area contributed by atoms with Crippen molar-refractivity contribution in [2.45, 2.75) is 38.5 Å². The lowest BCUT2D eigenvalue weighted by atomic mass is 9.49. The first-order valence-electron chi connectivity index (χ1n) is 8.02. The number of methoxy groups -OCH3 is 1. The second kappa shape index (κ2) is 6.02. The molecule has 1 N–H and O–H groups in total. The highest BCUT2D eigenvalue weighted by Gasteiger charge is 2.50. The van der Waals surface area contributed by atoms with Crippen molar-refractivity contribution in [2.24, 2.45) is 23.2 Å². The van der Waals surface area contributed by atoms with E-state index in [9.17, 15) is 4.79 Å². The summed E-state index contributed by atoms with van der Waals surface area (Å²) in [7, 11) is 1.64. The molecular weight excluding hydrogens is 254 g/mol. The summed E-state index contributed by atoms with van der Waals surface area (Å²) >= 11 is 0. The number of hydrogen-bond acceptors (Lipinski definition) is 3. The van der Waals surface area contributed by atoms with E-state index in [2.05, 4.69) is 5.32 Å². The van der Waals surface area contributed by atoms with Gasteiger partial charge >= 0.3 is 0 Å². The molecule has 0 radical (unpaired) electrons. The minimum Gasteiger partial charge on any atom is -0.382 e. The van der Waals surface area contributed by atoms with Crippen LogP contribution in [0.25, 0.3) is 0 Å². The smallest absolute Gasteiger partial charge is 0.246 e. The second-order valence-corrected chi connectivity index (χ2v) is 7.24. The summed E-state index contributed by atoms with van der Waals surface area (Å²) in [4.78, 5) is 11.8. The van der Waals surface area contributed by atoms with E-state index in [4.69, 9.17) is 9.47 Å². The molecule has 0 aliphatic heterocycles. The van der Waals surface area contributed by atoms with Crippen molar-refractivity contribution in [3.63, 3.8) is 0 Å². The molecule has 1 amide bonds. The minimum absolute atomic E-state index is 0.0249. The SMILES string of the molecule is COCCOCC(=O)NCC12CC3CC(CC(C3)C1)C2. The van der Waals surface area contributed by atoms with Crippen LogP contribution in [0.3, 0.4) is 0 Å². The van der Waals surface area contributed by atoms with Gasteiger partial charge in [0.1, 0.15) is 6.61 Å². The predicted octanol–water partition coefficient (Wildman–Crippen LogP) is 1.98. The molecule has 4 bridgehead atoms. The zero-order valence-corrected chi connectivity index (χ0v) is 12.5. The van der Waals surface area contributed by atoms with Gasteiger partial charge in [-0.05, 0) is 61.7 Å². The summed E-state index contributed by atoms with van der Waals surface area (Å²) in [6, 6.07) is 0. The van der Waals surface area contributed by atoms with Gasteiger partial charge in [0.05, 0.1) is 13.2 Å². The first kappa shape index (κ1) is 14.3. The molecule has 0 aromatic heterocycles. The van der Waals surface area contributed by atoms with E-state index < -0.39 is 0 Å². The van der Waals surface area contributed by atoms with Gasteiger partial charge in [0.25, 0.3) is 0 Å². The van der Waals surface area contributed by atoms with Crippen molar-refractivity contribution in [3.8, 4) is 0 Å². The molecule has 4 fully saturated rings. The van der Waals surface area contributed by atoms with Crippen molar-refractivity contribution in [1.82, 2.24) is 5.32 Å². The van der Waals surface area contributed by atoms with Crippen LogP contribution in [0.5, 0.6) is 0 Å². The summed E-state index contributed by atoms with van der Waals surface area (Å²) in [5.74, 6) is 2.85. The van der Waals surface area contributed by atoms with Crippen LogP contribution in [-0.4, -0.2) is 39.4 Å². The average molecular weight is 281 g/mol. The van der Waals surface area contributed by atoms with Crippen LogP contribution < -0.4 is 5.32 Å². The Bertz CT molecular complexity index is 320. The van der Waals surface area contributed by atoms with Crippen molar-refractivity contribution < 1.29 is 14.3 Å². The average Bonchev–Trinajstić information content (AvgIpc) is 2.40. The Hall–Kier alpha value is -0.610.